The van der Waals surface area contributed by atoms with Crippen molar-refractivity contribution in [3.63, 3.8) is 0 Å². The SMILES string of the molecule is [C-]#[N+]/C(=C\c1cc2sc3cc(-c4ccc(N(c5ccc(-c6cc7sc8cc(/C=C(\C#N)OC=O)sc8c7s6)cc5)c5ccc(-c6c(C(C)(C)C)cc(C(C)(C)C)cc6C(C)(C)C)cc5)cc4)sc3c2s1)C(=O)O. The van der Waals surface area contributed by atoms with Gasteiger partial charge in [-0.05, 0) is 122 Å². The van der Waals surface area contributed by atoms with Gasteiger partial charge in [0.05, 0.1) is 25.4 Å². The highest BCUT2D eigenvalue weighted by Crippen LogP contribution is 2.50. The normalized spacial score (nSPS) is 12.8. The van der Waals surface area contributed by atoms with Gasteiger partial charge in [-0.25, -0.2) is 4.85 Å². The predicted molar refractivity (Wildman–Crippen MR) is 314 cm³/mol. The Balaban J connectivity index is 1.03. The van der Waals surface area contributed by atoms with Crippen LogP contribution in [0.5, 0.6) is 0 Å². The van der Waals surface area contributed by atoms with Crippen molar-refractivity contribution < 1.29 is 19.4 Å². The molecule has 0 aliphatic carbocycles. The van der Waals surface area contributed by atoms with E-state index >= 15 is 0 Å². The number of fused-ring (bicyclic) bond motifs is 6. The maximum Gasteiger partial charge on any atom is 0.333 e. The van der Waals surface area contributed by atoms with Crippen LogP contribution in [0, 0.1) is 17.9 Å². The quantitative estimate of drug-likeness (QED) is 0.0456. The Morgan fingerprint density at radius 1 is 0.589 bits per heavy atom. The summed E-state index contributed by atoms with van der Waals surface area (Å²) in [5.74, 6) is -1.25. The first-order valence-electron chi connectivity index (χ1n) is 23.5. The first kappa shape index (κ1) is 49.9. The number of hydrogen-bond donors (Lipinski definition) is 1. The molecule has 73 heavy (non-hydrogen) atoms. The van der Waals surface area contributed by atoms with Gasteiger partial charge in [-0.2, -0.15) is 5.26 Å². The van der Waals surface area contributed by atoms with Gasteiger partial charge in [0.25, 0.3) is 12.2 Å². The van der Waals surface area contributed by atoms with Gasteiger partial charge in [0.15, 0.2) is 0 Å². The van der Waals surface area contributed by atoms with Gasteiger partial charge >= 0.3 is 5.97 Å². The summed E-state index contributed by atoms with van der Waals surface area (Å²) in [5, 5.41) is 18.8. The third kappa shape index (κ3) is 9.70. The van der Waals surface area contributed by atoms with Crippen molar-refractivity contribution in [2.75, 3.05) is 4.90 Å². The molecule has 1 N–H and O–H groups in total. The Morgan fingerprint density at radius 3 is 1.38 bits per heavy atom. The van der Waals surface area contributed by atoms with Gasteiger partial charge in [0.2, 0.25) is 5.76 Å². The summed E-state index contributed by atoms with van der Waals surface area (Å²) < 4.78 is 14.1. The van der Waals surface area contributed by atoms with Crippen molar-refractivity contribution >= 4 is 147 Å². The summed E-state index contributed by atoms with van der Waals surface area (Å²) in [7, 11) is 0. The fourth-order valence-electron chi connectivity index (χ4n) is 9.03. The molecule has 13 heteroatoms. The van der Waals surface area contributed by atoms with Crippen molar-refractivity contribution in [3.05, 3.63) is 159 Å². The fourth-order valence-corrected chi connectivity index (χ4v) is 17.0. The van der Waals surface area contributed by atoms with E-state index in [-0.39, 0.29) is 34.2 Å². The van der Waals surface area contributed by atoms with E-state index in [4.69, 9.17) is 11.3 Å². The average Bonchev–Trinajstić information content (AvgIpc) is 4.20. The van der Waals surface area contributed by atoms with Crippen molar-refractivity contribution in [3.8, 4) is 38.1 Å². The molecule has 10 aromatic rings. The Hall–Kier alpha value is -6.68. The highest BCUT2D eigenvalue weighted by Gasteiger charge is 2.30. The van der Waals surface area contributed by atoms with Crippen LogP contribution < -0.4 is 4.90 Å². The van der Waals surface area contributed by atoms with Crippen molar-refractivity contribution in [2.24, 2.45) is 0 Å². The van der Waals surface area contributed by atoms with Crippen LogP contribution in [0.2, 0.25) is 0 Å². The number of rotatable bonds is 11. The molecule has 6 aromatic heterocycles. The van der Waals surface area contributed by atoms with Gasteiger partial charge in [0, 0.05) is 61.4 Å². The van der Waals surface area contributed by atoms with E-state index in [1.807, 2.05) is 18.2 Å². The number of nitrogens with zero attached hydrogens (tertiary/aromatic N) is 3. The van der Waals surface area contributed by atoms with Crippen LogP contribution in [0.4, 0.5) is 17.1 Å². The molecule has 0 aliphatic rings. The van der Waals surface area contributed by atoms with E-state index in [1.165, 1.54) is 68.9 Å². The number of aliphatic carboxylic acids is 1. The molecule has 0 fully saturated rings. The fraction of sp³-hybridized carbons (Fsp3) is 0.200. The van der Waals surface area contributed by atoms with Crippen LogP contribution in [0.3, 0.4) is 0 Å². The molecule has 0 unspecified atom stereocenters. The summed E-state index contributed by atoms with van der Waals surface area (Å²) in [5.41, 5.74) is 11.4. The first-order valence-corrected chi connectivity index (χ1v) is 28.4. The van der Waals surface area contributed by atoms with E-state index < -0.39 is 5.97 Å². The zero-order valence-corrected chi connectivity index (χ0v) is 46.5. The monoisotopic (exact) mass is 1070 g/mol. The molecule has 0 amide bonds. The minimum absolute atomic E-state index is 0.00183. The minimum atomic E-state index is -1.22. The maximum atomic E-state index is 11.5. The molecule has 6 heterocycles. The van der Waals surface area contributed by atoms with Crippen LogP contribution in [-0.4, -0.2) is 17.5 Å². The van der Waals surface area contributed by atoms with Gasteiger partial charge in [-0.1, -0.05) is 111 Å². The van der Waals surface area contributed by atoms with E-state index in [0.717, 1.165) is 61.6 Å². The summed E-state index contributed by atoms with van der Waals surface area (Å²) in [6.45, 7) is 28.4. The predicted octanol–water partition coefficient (Wildman–Crippen LogP) is 19.4. The minimum Gasteiger partial charge on any atom is -0.486 e. The highest BCUT2D eigenvalue weighted by atomic mass is 32.1. The number of allylic oxidation sites excluding steroid dienone is 1. The highest BCUT2D eigenvalue weighted by molar-refractivity contribution is 7.40. The molecule has 0 aliphatic heterocycles. The Morgan fingerprint density at radius 2 is 1.00 bits per heavy atom. The number of benzene rings is 4. The van der Waals surface area contributed by atoms with Gasteiger partial charge in [-0.3, -0.25) is 9.59 Å². The van der Waals surface area contributed by atoms with Gasteiger partial charge in [-0.15, -0.1) is 68.0 Å². The number of hydrogen-bond acceptors (Lipinski definition) is 11. The third-order valence-electron chi connectivity index (χ3n) is 12.7. The second-order valence-corrected chi connectivity index (χ2v) is 27.4. The zero-order chi connectivity index (χ0) is 51.7. The number of anilines is 3. The van der Waals surface area contributed by atoms with Crippen molar-refractivity contribution in [1.29, 1.82) is 5.26 Å². The first-order chi connectivity index (χ1) is 34.7. The van der Waals surface area contributed by atoms with E-state index in [1.54, 1.807) is 62.8 Å². The van der Waals surface area contributed by atoms with Crippen LogP contribution in [0.15, 0.2) is 121 Å². The van der Waals surface area contributed by atoms with E-state index in [2.05, 4.69) is 169 Å². The van der Waals surface area contributed by atoms with Crippen LogP contribution in [-0.2, 0) is 30.6 Å². The van der Waals surface area contributed by atoms with E-state index in [9.17, 15) is 20.0 Å². The average molecular weight is 1070 g/mol. The lowest BCUT2D eigenvalue weighted by Crippen LogP contribution is -2.23. The largest absolute Gasteiger partial charge is 0.486 e. The Kier molecular flexibility index (Phi) is 13.0. The number of ether oxygens (including phenoxy) is 1. The number of carbonyl (C=O) groups excluding carboxylic acids is 1. The zero-order valence-electron chi connectivity index (χ0n) is 41.6. The summed E-state index contributed by atoms with van der Waals surface area (Å²) >= 11 is 10.0. The number of carbonyl (C=O) groups is 2. The van der Waals surface area contributed by atoms with Crippen LogP contribution in [0.25, 0.3) is 86.6 Å². The standard InChI is InChI=1S/C60H49N3O4S6/c1-58(2,3)36-23-43(59(4,5)6)52(44(24-36)60(7,8)9)35-15-21-39(22-16-35)63(37-17-11-33(12-18-37)46-29-50-55(72-46)53-48(70-50)27-41(68-53)25-40(31-61)67-32-64)38-19-13-34(14-20-38)47-30-51-56(73-47)54-49(71-51)28-42(69-54)26-45(62-10)57(65)66/h11-30,32H,1-9H3,(H,65,66)/b40-25+,45-26-. The molecule has 0 radical (unpaired) electrons. The molecule has 0 spiro atoms. The lowest BCUT2D eigenvalue weighted by Gasteiger charge is -2.34. The van der Waals surface area contributed by atoms with Gasteiger partial charge in [0.1, 0.15) is 6.07 Å². The second-order valence-electron chi connectivity index (χ2n) is 20.9. The molecule has 0 atom stereocenters. The smallest absolute Gasteiger partial charge is 0.333 e. The second kappa shape index (κ2) is 19.0. The molecule has 4 aromatic carbocycles. The molecule has 10 rings (SSSR count). The number of carboxylic acid groups (broad SMARTS) is 1. The van der Waals surface area contributed by atoms with Crippen LogP contribution >= 0.6 is 68.0 Å². The topological polar surface area (TPSA) is 95.0 Å². The summed E-state index contributed by atoms with van der Waals surface area (Å²) in [6, 6.07) is 42.0. The summed E-state index contributed by atoms with van der Waals surface area (Å²) in [6.07, 6.45) is 3.07. The lowest BCUT2D eigenvalue weighted by atomic mass is 9.71. The van der Waals surface area contributed by atoms with Gasteiger partial charge < -0.3 is 14.7 Å². The summed E-state index contributed by atoms with van der Waals surface area (Å²) in [4.78, 5) is 31.9. The molecule has 7 nitrogen and oxygen atoms in total. The molecular weight excluding hydrogens is 1020 g/mol. The Bertz CT molecular complexity index is 3910. The Labute approximate surface area is 448 Å². The van der Waals surface area contributed by atoms with Crippen molar-refractivity contribution in [2.45, 2.75) is 78.6 Å². The van der Waals surface area contributed by atoms with Crippen molar-refractivity contribution in [1.82, 2.24) is 0 Å². The molecule has 364 valence electrons. The number of thiophene rings is 6. The maximum absolute atomic E-state index is 11.5. The molecular formula is C60H49N3O4S6. The number of carboxylic acids is 1. The number of nitriles is 1. The third-order valence-corrected chi connectivity index (χ3v) is 20.3. The lowest BCUT2D eigenvalue weighted by molar-refractivity contribution is -0.132. The van der Waals surface area contributed by atoms with E-state index in [0.29, 0.717) is 0 Å². The molecule has 0 saturated carbocycles. The molecule has 0 bridgehead atoms. The molecule has 0 saturated heterocycles. The van der Waals surface area contributed by atoms with Crippen LogP contribution in [0.1, 0.15) is 88.8 Å².